The molecule has 2 aliphatic rings. The quantitative estimate of drug-likeness (QED) is 0.803. The van der Waals surface area contributed by atoms with E-state index in [2.05, 4.69) is 16.7 Å². The van der Waals surface area contributed by atoms with Gasteiger partial charge in [0, 0.05) is 11.3 Å². The molecule has 25 heavy (non-hydrogen) atoms. The van der Waals surface area contributed by atoms with Crippen molar-refractivity contribution in [3.63, 3.8) is 0 Å². The van der Waals surface area contributed by atoms with E-state index in [1.54, 1.807) is 7.11 Å². The summed E-state index contributed by atoms with van der Waals surface area (Å²) in [5.74, 6) is 0.753. The smallest absolute Gasteiger partial charge is 0.229 e. The van der Waals surface area contributed by atoms with Gasteiger partial charge in [0.1, 0.15) is 5.75 Å². The number of hydrogen-bond donors (Lipinski definition) is 3. The van der Waals surface area contributed by atoms with Gasteiger partial charge in [-0.25, -0.2) is 0 Å². The topological polar surface area (TPSA) is 70.6 Å². The highest BCUT2D eigenvalue weighted by Crippen LogP contribution is 2.52. The lowest BCUT2D eigenvalue weighted by molar-refractivity contribution is -0.128. The molecule has 0 unspecified atom stereocenters. The molecule has 1 fully saturated rings. The molecule has 3 N–H and O–H groups in total. The molecule has 2 aliphatic heterocycles. The van der Waals surface area contributed by atoms with Crippen LogP contribution in [0.15, 0.2) is 48.5 Å². The van der Waals surface area contributed by atoms with Crippen molar-refractivity contribution >= 4 is 11.6 Å². The molecule has 1 spiro atoms. The van der Waals surface area contributed by atoms with Gasteiger partial charge in [0.05, 0.1) is 31.2 Å². The van der Waals surface area contributed by atoms with E-state index in [4.69, 9.17) is 4.74 Å². The summed E-state index contributed by atoms with van der Waals surface area (Å²) in [5.41, 5.74) is 2.50. The number of anilines is 1. The molecule has 130 valence electrons. The number of amides is 1. The van der Waals surface area contributed by atoms with Gasteiger partial charge in [-0.05, 0) is 30.5 Å². The average molecular weight is 338 g/mol. The van der Waals surface area contributed by atoms with E-state index in [0.29, 0.717) is 12.8 Å². The monoisotopic (exact) mass is 338 g/mol. The number of aliphatic hydroxyl groups is 1. The minimum atomic E-state index is -0.642. The third kappa shape index (κ3) is 2.46. The first-order chi connectivity index (χ1) is 12.2. The zero-order valence-corrected chi connectivity index (χ0v) is 14.2. The van der Waals surface area contributed by atoms with Gasteiger partial charge >= 0.3 is 0 Å². The molecule has 0 aromatic heterocycles. The fraction of sp³-hybridized carbons (Fsp3) is 0.350. The van der Waals surface area contributed by atoms with Crippen LogP contribution in [-0.2, 0) is 11.2 Å². The van der Waals surface area contributed by atoms with Crippen LogP contribution in [0, 0.1) is 5.41 Å². The van der Waals surface area contributed by atoms with Gasteiger partial charge < -0.3 is 20.5 Å². The number of carbonyl (C=O) groups is 1. The number of benzene rings is 2. The molecule has 0 bridgehead atoms. The Labute approximate surface area is 147 Å². The molecule has 0 radical (unpaired) electrons. The van der Waals surface area contributed by atoms with Crippen LogP contribution in [-0.4, -0.2) is 30.8 Å². The molecule has 0 aliphatic carbocycles. The van der Waals surface area contributed by atoms with Gasteiger partial charge in [-0.3, -0.25) is 4.79 Å². The van der Waals surface area contributed by atoms with Crippen molar-refractivity contribution in [3.8, 4) is 5.75 Å². The van der Waals surface area contributed by atoms with Crippen molar-refractivity contribution in [3.05, 3.63) is 59.7 Å². The van der Waals surface area contributed by atoms with Crippen molar-refractivity contribution in [1.29, 1.82) is 0 Å². The SMILES string of the molecule is COc1ccccc1[C@H]1Nc2ccccc2C[C@@]12C[C@H](CO)NC2=O. The van der Waals surface area contributed by atoms with E-state index in [1.807, 2.05) is 42.5 Å². The van der Waals surface area contributed by atoms with Gasteiger partial charge in [-0.15, -0.1) is 0 Å². The summed E-state index contributed by atoms with van der Waals surface area (Å²) in [6, 6.07) is 15.5. The van der Waals surface area contributed by atoms with Gasteiger partial charge in [0.15, 0.2) is 0 Å². The zero-order chi connectivity index (χ0) is 17.4. The Hall–Kier alpha value is -2.53. The number of hydrogen-bond acceptors (Lipinski definition) is 4. The summed E-state index contributed by atoms with van der Waals surface area (Å²) in [6.45, 7) is -0.0478. The normalized spacial score (nSPS) is 27.5. The molecular formula is C20H22N2O3. The number of aliphatic hydroxyl groups excluding tert-OH is 1. The Kier molecular flexibility index (Phi) is 3.88. The number of fused-ring (bicyclic) bond motifs is 1. The predicted molar refractivity (Wildman–Crippen MR) is 95.6 cm³/mol. The number of methoxy groups -OCH3 is 1. The van der Waals surface area contributed by atoms with E-state index in [1.165, 1.54) is 0 Å². The van der Waals surface area contributed by atoms with Crippen molar-refractivity contribution < 1.29 is 14.6 Å². The lowest BCUT2D eigenvalue weighted by atomic mass is 9.68. The summed E-state index contributed by atoms with van der Waals surface area (Å²) in [4.78, 5) is 13.0. The molecule has 4 rings (SSSR count). The first-order valence-electron chi connectivity index (χ1n) is 8.57. The fourth-order valence-corrected chi connectivity index (χ4v) is 4.26. The fourth-order valence-electron chi connectivity index (χ4n) is 4.26. The maximum Gasteiger partial charge on any atom is 0.229 e. The van der Waals surface area contributed by atoms with Gasteiger partial charge in [-0.2, -0.15) is 0 Å². The molecule has 1 saturated heterocycles. The van der Waals surface area contributed by atoms with Crippen LogP contribution in [0.5, 0.6) is 5.75 Å². The third-order valence-corrected chi connectivity index (χ3v) is 5.44. The summed E-state index contributed by atoms with van der Waals surface area (Å²) in [7, 11) is 1.65. The van der Waals surface area contributed by atoms with Crippen LogP contribution in [0.2, 0.25) is 0 Å². The van der Waals surface area contributed by atoms with Crippen LogP contribution >= 0.6 is 0 Å². The molecule has 1 amide bonds. The Morgan fingerprint density at radius 2 is 1.92 bits per heavy atom. The minimum absolute atomic E-state index is 0.00976. The average Bonchev–Trinajstić information content (AvgIpc) is 2.97. The van der Waals surface area contributed by atoms with E-state index >= 15 is 0 Å². The van der Waals surface area contributed by atoms with Crippen LogP contribution in [0.3, 0.4) is 0 Å². The Morgan fingerprint density at radius 3 is 2.68 bits per heavy atom. The van der Waals surface area contributed by atoms with Crippen LogP contribution < -0.4 is 15.4 Å². The lowest BCUT2D eigenvalue weighted by Gasteiger charge is -2.42. The Balaban J connectivity index is 1.86. The number of nitrogens with one attached hydrogen (secondary N) is 2. The molecule has 5 nitrogen and oxygen atoms in total. The van der Waals surface area contributed by atoms with E-state index in [9.17, 15) is 9.90 Å². The van der Waals surface area contributed by atoms with Gasteiger partial charge in [0.25, 0.3) is 0 Å². The molecule has 5 heteroatoms. The largest absolute Gasteiger partial charge is 0.496 e. The zero-order valence-electron chi connectivity index (χ0n) is 14.2. The number of carbonyl (C=O) groups excluding carboxylic acids is 1. The first-order valence-corrected chi connectivity index (χ1v) is 8.57. The summed E-state index contributed by atoms with van der Waals surface area (Å²) >= 11 is 0. The highest BCUT2D eigenvalue weighted by atomic mass is 16.5. The summed E-state index contributed by atoms with van der Waals surface area (Å²) < 4.78 is 5.56. The number of ether oxygens (including phenoxy) is 1. The molecule has 2 aromatic rings. The lowest BCUT2D eigenvalue weighted by Crippen LogP contribution is -2.45. The standard InChI is InChI=1S/C20H22N2O3/c1-25-17-9-5-3-7-15(17)18-20(11-14(12-23)21-19(20)24)10-13-6-2-4-8-16(13)22-18/h2-9,14,18,22-23H,10-12H2,1H3,(H,21,24)/t14-,18-,20-/m1/s1. The summed E-state index contributed by atoms with van der Waals surface area (Å²) in [6.07, 6.45) is 1.23. The number of rotatable bonds is 3. The second kappa shape index (κ2) is 6.08. The molecule has 3 atom stereocenters. The minimum Gasteiger partial charge on any atom is -0.496 e. The molecular weight excluding hydrogens is 316 g/mol. The Morgan fingerprint density at radius 1 is 1.16 bits per heavy atom. The molecule has 2 heterocycles. The van der Waals surface area contributed by atoms with E-state index < -0.39 is 5.41 Å². The maximum absolute atomic E-state index is 13.0. The van der Waals surface area contributed by atoms with Gasteiger partial charge in [0.2, 0.25) is 5.91 Å². The van der Waals surface area contributed by atoms with Crippen LogP contribution in [0.25, 0.3) is 0 Å². The molecule has 0 saturated carbocycles. The number of para-hydroxylation sites is 2. The maximum atomic E-state index is 13.0. The van der Waals surface area contributed by atoms with E-state index in [-0.39, 0.29) is 24.6 Å². The second-order valence-electron chi connectivity index (χ2n) is 6.87. The van der Waals surface area contributed by atoms with Crippen molar-refractivity contribution in [1.82, 2.24) is 5.32 Å². The van der Waals surface area contributed by atoms with Crippen molar-refractivity contribution in [2.45, 2.75) is 24.9 Å². The van der Waals surface area contributed by atoms with E-state index in [0.717, 1.165) is 22.6 Å². The van der Waals surface area contributed by atoms with Gasteiger partial charge in [-0.1, -0.05) is 36.4 Å². The summed E-state index contributed by atoms with van der Waals surface area (Å²) in [5, 5.41) is 16.1. The first kappa shape index (κ1) is 16.0. The second-order valence-corrected chi connectivity index (χ2v) is 6.87. The highest BCUT2D eigenvalue weighted by molar-refractivity contribution is 5.88. The van der Waals surface area contributed by atoms with Crippen LogP contribution in [0.4, 0.5) is 5.69 Å². The Bertz CT molecular complexity index is 807. The molecule has 2 aromatic carbocycles. The van der Waals surface area contributed by atoms with Crippen molar-refractivity contribution in [2.75, 3.05) is 19.0 Å². The predicted octanol–water partition coefficient (Wildman–Crippen LogP) is 2.27. The van der Waals surface area contributed by atoms with Crippen molar-refractivity contribution in [2.24, 2.45) is 5.41 Å². The van der Waals surface area contributed by atoms with Crippen LogP contribution in [0.1, 0.15) is 23.6 Å². The third-order valence-electron chi connectivity index (χ3n) is 5.44. The highest BCUT2D eigenvalue weighted by Gasteiger charge is 2.55.